The summed E-state index contributed by atoms with van der Waals surface area (Å²) in [7, 11) is 0. The van der Waals surface area contributed by atoms with Crippen LogP contribution in [0.5, 0.6) is 5.75 Å². The fourth-order valence-electron chi connectivity index (χ4n) is 2.73. The molecule has 4 rings (SSSR count). The molecule has 0 bridgehead atoms. The zero-order chi connectivity index (χ0) is 19.7. The van der Waals surface area contributed by atoms with Crippen molar-refractivity contribution in [2.45, 2.75) is 20.6 Å². The lowest BCUT2D eigenvalue weighted by molar-refractivity contribution is 0.221. The number of halogens is 1. The summed E-state index contributed by atoms with van der Waals surface area (Å²) in [6.07, 6.45) is 1.79. The fourth-order valence-corrected chi connectivity index (χ4v) is 2.85. The molecule has 28 heavy (non-hydrogen) atoms. The molecule has 0 saturated carbocycles. The van der Waals surface area contributed by atoms with Crippen molar-refractivity contribution in [1.29, 1.82) is 0 Å². The van der Waals surface area contributed by atoms with Crippen LogP contribution < -0.4 is 10.5 Å². The molecule has 0 fully saturated rings. The molecule has 0 aliphatic rings. The lowest BCUT2D eigenvalue weighted by Crippen LogP contribution is -2.05. The molecule has 7 nitrogen and oxygen atoms in total. The predicted molar refractivity (Wildman–Crippen MR) is 107 cm³/mol. The van der Waals surface area contributed by atoms with Crippen molar-refractivity contribution in [3.63, 3.8) is 0 Å². The van der Waals surface area contributed by atoms with Crippen molar-refractivity contribution < 1.29 is 9.26 Å². The smallest absolute Gasteiger partial charge is 0.278 e. The van der Waals surface area contributed by atoms with Crippen molar-refractivity contribution in [1.82, 2.24) is 19.9 Å². The molecule has 4 aromatic rings. The van der Waals surface area contributed by atoms with Gasteiger partial charge in [-0.3, -0.25) is 0 Å². The number of nitrogens with two attached hydrogens (primary N) is 1. The second-order valence-electron chi connectivity index (χ2n) is 6.37. The zero-order valence-corrected chi connectivity index (χ0v) is 16.1. The van der Waals surface area contributed by atoms with E-state index in [2.05, 4.69) is 15.2 Å². The maximum absolute atomic E-state index is 6.03. The van der Waals surface area contributed by atoms with Gasteiger partial charge in [0.1, 0.15) is 5.75 Å². The van der Waals surface area contributed by atoms with Crippen molar-refractivity contribution in [2.24, 2.45) is 0 Å². The number of aryl methyl sites for hydroxylation is 1. The Balaban J connectivity index is 1.49. The summed E-state index contributed by atoms with van der Waals surface area (Å²) < 4.78 is 12.8. The first-order valence-electron chi connectivity index (χ1n) is 8.63. The molecule has 0 unspecified atom stereocenters. The van der Waals surface area contributed by atoms with Crippen LogP contribution in [0.15, 0.2) is 53.2 Å². The molecule has 0 spiro atoms. The highest BCUT2D eigenvalue weighted by atomic mass is 35.5. The number of aromatic nitrogens is 4. The van der Waals surface area contributed by atoms with Crippen molar-refractivity contribution >= 4 is 17.3 Å². The molecule has 2 N–H and O–H groups in total. The lowest BCUT2D eigenvalue weighted by Gasteiger charge is -2.07. The standard InChI is InChI=1S/C20H18ClN5O2/c1-12-10-14(6-7-16(12)21)27-11-26-9-8-18(24-26)20-23-19(25-28-20)15-4-3-5-17(22)13(15)2/h3-10H,11,22H2,1-2H3. The third-order valence-corrected chi connectivity index (χ3v) is 4.82. The molecular weight excluding hydrogens is 378 g/mol. The molecule has 0 aliphatic carbocycles. The minimum Gasteiger partial charge on any atom is -0.471 e. The maximum atomic E-state index is 6.03. The van der Waals surface area contributed by atoms with E-state index in [9.17, 15) is 0 Å². The number of nitrogen functional groups attached to an aromatic ring is 1. The van der Waals surface area contributed by atoms with Crippen LogP contribution in [-0.4, -0.2) is 19.9 Å². The first-order valence-corrected chi connectivity index (χ1v) is 9.01. The number of ether oxygens (including phenoxy) is 1. The highest BCUT2D eigenvalue weighted by molar-refractivity contribution is 6.31. The minimum absolute atomic E-state index is 0.246. The third kappa shape index (κ3) is 3.57. The minimum atomic E-state index is 0.246. The molecule has 0 amide bonds. The van der Waals surface area contributed by atoms with Gasteiger partial charge in [0.25, 0.3) is 5.89 Å². The van der Waals surface area contributed by atoms with Crippen LogP contribution in [0, 0.1) is 13.8 Å². The summed E-state index contributed by atoms with van der Waals surface area (Å²) in [5.74, 6) is 1.52. The van der Waals surface area contributed by atoms with Gasteiger partial charge in [-0.1, -0.05) is 28.9 Å². The zero-order valence-electron chi connectivity index (χ0n) is 15.4. The SMILES string of the molecule is Cc1cc(OCn2ccc(-c3nc(-c4cccc(N)c4C)no3)n2)ccc1Cl. The number of rotatable bonds is 5. The van der Waals surface area contributed by atoms with Gasteiger partial charge in [-0.05, 0) is 55.3 Å². The second-order valence-corrected chi connectivity index (χ2v) is 6.78. The van der Waals surface area contributed by atoms with Crippen LogP contribution in [0.2, 0.25) is 5.02 Å². The second kappa shape index (κ2) is 7.36. The van der Waals surface area contributed by atoms with E-state index in [1.165, 1.54) is 0 Å². The number of anilines is 1. The van der Waals surface area contributed by atoms with Crippen LogP contribution in [0.4, 0.5) is 5.69 Å². The molecule has 0 saturated heterocycles. The van der Waals surface area contributed by atoms with Gasteiger partial charge in [-0.25, -0.2) is 4.68 Å². The monoisotopic (exact) mass is 395 g/mol. The van der Waals surface area contributed by atoms with Gasteiger partial charge in [0.15, 0.2) is 12.4 Å². The average molecular weight is 396 g/mol. The van der Waals surface area contributed by atoms with Gasteiger partial charge in [-0.2, -0.15) is 10.1 Å². The summed E-state index contributed by atoms with van der Waals surface area (Å²) in [6.45, 7) is 4.10. The first kappa shape index (κ1) is 18.1. The lowest BCUT2D eigenvalue weighted by atomic mass is 10.1. The summed E-state index contributed by atoms with van der Waals surface area (Å²) in [4.78, 5) is 4.44. The third-order valence-electron chi connectivity index (χ3n) is 4.40. The summed E-state index contributed by atoms with van der Waals surface area (Å²) in [6, 6.07) is 12.9. The molecule has 0 aliphatic heterocycles. The van der Waals surface area contributed by atoms with E-state index >= 15 is 0 Å². The van der Waals surface area contributed by atoms with E-state index in [0.717, 1.165) is 22.4 Å². The molecule has 2 heterocycles. The highest BCUT2D eigenvalue weighted by Gasteiger charge is 2.15. The van der Waals surface area contributed by atoms with E-state index in [-0.39, 0.29) is 6.73 Å². The van der Waals surface area contributed by atoms with Gasteiger partial charge < -0.3 is 15.0 Å². The molecule has 0 atom stereocenters. The number of nitrogens with zero attached hydrogens (tertiary/aromatic N) is 4. The molecular formula is C20H18ClN5O2. The number of hydrogen-bond acceptors (Lipinski definition) is 6. The summed E-state index contributed by atoms with van der Waals surface area (Å²) >= 11 is 6.03. The largest absolute Gasteiger partial charge is 0.471 e. The molecule has 8 heteroatoms. The molecule has 142 valence electrons. The normalized spacial score (nSPS) is 11.0. The predicted octanol–water partition coefficient (Wildman–Crippen LogP) is 4.49. The van der Waals surface area contributed by atoms with Crippen LogP contribution in [0.1, 0.15) is 11.1 Å². The van der Waals surface area contributed by atoms with Gasteiger partial charge in [0, 0.05) is 22.5 Å². The van der Waals surface area contributed by atoms with Crippen LogP contribution in [0.25, 0.3) is 23.0 Å². The molecule has 2 aromatic heterocycles. The van der Waals surface area contributed by atoms with Crippen LogP contribution in [-0.2, 0) is 6.73 Å². The van der Waals surface area contributed by atoms with E-state index < -0.39 is 0 Å². The van der Waals surface area contributed by atoms with Crippen LogP contribution >= 0.6 is 11.6 Å². The Kier molecular flexibility index (Phi) is 4.75. The fraction of sp³-hybridized carbons (Fsp3) is 0.150. The topological polar surface area (TPSA) is 92.0 Å². The van der Waals surface area contributed by atoms with Crippen molar-refractivity contribution in [3.05, 3.63) is 64.8 Å². The average Bonchev–Trinajstić information content (AvgIpc) is 3.34. The maximum Gasteiger partial charge on any atom is 0.278 e. The quantitative estimate of drug-likeness (QED) is 0.500. The Bertz CT molecular complexity index is 1140. The van der Waals surface area contributed by atoms with Crippen LogP contribution in [0.3, 0.4) is 0 Å². The Morgan fingerprint density at radius 3 is 2.86 bits per heavy atom. The van der Waals surface area contributed by atoms with Gasteiger partial charge in [-0.15, -0.1) is 0 Å². The highest BCUT2D eigenvalue weighted by Crippen LogP contribution is 2.27. The van der Waals surface area contributed by atoms with E-state index in [0.29, 0.717) is 28.1 Å². The Morgan fingerprint density at radius 2 is 2.04 bits per heavy atom. The van der Waals surface area contributed by atoms with Crippen molar-refractivity contribution in [2.75, 3.05) is 5.73 Å². The Morgan fingerprint density at radius 1 is 1.18 bits per heavy atom. The molecule has 2 aromatic carbocycles. The van der Waals surface area contributed by atoms with Crippen molar-refractivity contribution in [3.8, 4) is 28.7 Å². The van der Waals surface area contributed by atoms with E-state index in [1.807, 2.05) is 44.2 Å². The Labute approximate surface area is 166 Å². The molecule has 0 radical (unpaired) electrons. The summed E-state index contributed by atoms with van der Waals surface area (Å²) in [5, 5.41) is 9.18. The van der Waals surface area contributed by atoms with Gasteiger partial charge >= 0.3 is 0 Å². The van der Waals surface area contributed by atoms with Gasteiger partial charge in [0.05, 0.1) is 0 Å². The Hall–Kier alpha value is -3.32. The van der Waals surface area contributed by atoms with E-state index in [4.69, 9.17) is 26.6 Å². The summed E-state index contributed by atoms with van der Waals surface area (Å²) in [5.41, 5.74) is 9.90. The van der Waals surface area contributed by atoms with E-state index in [1.54, 1.807) is 23.0 Å². The van der Waals surface area contributed by atoms with Gasteiger partial charge in [0.2, 0.25) is 5.82 Å². The number of hydrogen-bond donors (Lipinski definition) is 1. The first-order chi connectivity index (χ1) is 13.5. The number of benzene rings is 2.